The second-order valence-electron chi connectivity index (χ2n) is 3.50. The van der Waals surface area contributed by atoms with E-state index in [2.05, 4.69) is 5.16 Å². The first-order valence-corrected chi connectivity index (χ1v) is 4.74. The topological polar surface area (TPSA) is 21.6 Å². The Balaban J connectivity index is 1.79. The molecule has 14 heavy (non-hydrogen) atoms. The molecule has 1 aliphatic carbocycles. The third kappa shape index (κ3) is 2.83. The Morgan fingerprint density at radius 3 is 3.07 bits per heavy atom. The number of rotatable bonds is 4. The normalized spacial score (nSPS) is 16.1. The Bertz CT molecular complexity index is 334. The minimum atomic E-state index is -0.239. The van der Waals surface area contributed by atoms with Gasteiger partial charge in [-0.25, -0.2) is 4.39 Å². The first-order chi connectivity index (χ1) is 6.84. The van der Waals surface area contributed by atoms with Crippen LogP contribution in [-0.4, -0.2) is 6.21 Å². The fraction of sp³-hybridized carbons (Fsp3) is 0.364. The van der Waals surface area contributed by atoms with Gasteiger partial charge in [0.15, 0.2) is 0 Å². The summed E-state index contributed by atoms with van der Waals surface area (Å²) in [6, 6.07) is 6.35. The first-order valence-electron chi connectivity index (χ1n) is 4.74. The van der Waals surface area contributed by atoms with Crippen molar-refractivity contribution >= 4 is 6.21 Å². The Hall–Kier alpha value is -1.38. The van der Waals surface area contributed by atoms with Gasteiger partial charge < -0.3 is 4.84 Å². The Morgan fingerprint density at radius 2 is 2.36 bits per heavy atom. The van der Waals surface area contributed by atoms with E-state index in [-0.39, 0.29) is 5.82 Å². The van der Waals surface area contributed by atoms with Crippen LogP contribution in [0.15, 0.2) is 29.4 Å². The number of oxime groups is 1. The number of benzene rings is 1. The molecule has 74 valence electrons. The van der Waals surface area contributed by atoms with Crippen LogP contribution in [0.25, 0.3) is 0 Å². The smallest absolute Gasteiger partial charge is 0.142 e. The molecule has 0 saturated heterocycles. The predicted molar refractivity (Wildman–Crippen MR) is 52.4 cm³/mol. The van der Waals surface area contributed by atoms with Gasteiger partial charge in [-0.3, -0.25) is 0 Å². The van der Waals surface area contributed by atoms with Crippen molar-refractivity contribution < 1.29 is 9.23 Å². The summed E-state index contributed by atoms with van der Waals surface area (Å²) in [6.07, 6.45) is 4.25. The molecule has 0 radical (unpaired) electrons. The highest BCUT2D eigenvalue weighted by molar-refractivity contribution is 5.62. The molecule has 1 aromatic carbocycles. The SMILES string of the molecule is Fc1cccc(CON=CC2CC2)c1. The summed E-state index contributed by atoms with van der Waals surface area (Å²) < 4.78 is 12.7. The van der Waals surface area contributed by atoms with Crippen LogP contribution in [0.2, 0.25) is 0 Å². The van der Waals surface area contributed by atoms with Gasteiger partial charge in [-0.15, -0.1) is 0 Å². The van der Waals surface area contributed by atoms with Crippen LogP contribution in [0.1, 0.15) is 18.4 Å². The average molecular weight is 193 g/mol. The number of nitrogens with zero attached hydrogens (tertiary/aromatic N) is 1. The monoisotopic (exact) mass is 193 g/mol. The molecule has 0 bridgehead atoms. The van der Waals surface area contributed by atoms with E-state index < -0.39 is 0 Å². The van der Waals surface area contributed by atoms with E-state index in [4.69, 9.17) is 4.84 Å². The predicted octanol–water partition coefficient (Wildman–Crippen LogP) is 2.74. The quantitative estimate of drug-likeness (QED) is 0.532. The van der Waals surface area contributed by atoms with Crippen LogP contribution >= 0.6 is 0 Å². The van der Waals surface area contributed by atoms with E-state index in [1.165, 1.54) is 25.0 Å². The molecule has 0 N–H and O–H groups in total. The molecule has 1 aliphatic rings. The third-order valence-corrected chi connectivity index (χ3v) is 2.09. The summed E-state index contributed by atoms with van der Waals surface area (Å²) in [5.41, 5.74) is 0.804. The lowest BCUT2D eigenvalue weighted by Crippen LogP contribution is -1.88. The molecule has 3 heteroatoms. The van der Waals surface area contributed by atoms with Gasteiger partial charge in [-0.1, -0.05) is 17.3 Å². The van der Waals surface area contributed by atoms with Crippen LogP contribution in [0.4, 0.5) is 4.39 Å². The lowest BCUT2D eigenvalue weighted by molar-refractivity contribution is 0.131. The van der Waals surface area contributed by atoms with Gasteiger partial charge in [0.25, 0.3) is 0 Å². The molecule has 0 aromatic heterocycles. The maximum Gasteiger partial charge on any atom is 0.142 e. The van der Waals surface area contributed by atoms with Gasteiger partial charge in [0, 0.05) is 6.21 Å². The molecule has 1 aromatic rings. The van der Waals surface area contributed by atoms with Crippen LogP contribution in [0.3, 0.4) is 0 Å². The van der Waals surface area contributed by atoms with Crippen molar-refractivity contribution in [2.45, 2.75) is 19.4 Å². The van der Waals surface area contributed by atoms with Crippen LogP contribution in [0, 0.1) is 11.7 Å². The van der Waals surface area contributed by atoms with Crippen LogP contribution in [0.5, 0.6) is 0 Å². The highest BCUT2D eigenvalue weighted by atomic mass is 19.1. The minimum absolute atomic E-state index is 0.239. The van der Waals surface area contributed by atoms with E-state index in [9.17, 15) is 4.39 Å². The van der Waals surface area contributed by atoms with Gasteiger partial charge >= 0.3 is 0 Å². The highest BCUT2D eigenvalue weighted by Crippen LogP contribution is 2.26. The molecule has 0 amide bonds. The third-order valence-electron chi connectivity index (χ3n) is 2.09. The average Bonchev–Trinajstić information content (AvgIpc) is 2.96. The summed E-state index contributed by atoms with van der Waals surface area (Å²) in [5, 5.41) is 3.81. The zero-order valence-electron chi connectivity index (χ0n) is 7.82. The van der Waals surface area contributed by atoms with Crippen molar-refractivity contribution in [2.24, 2.45) is 11.1 Å². The molecule has 2 rings (SSSR count). The lowest BCUT2D eigenvalue weighted by Gasteiger charge is -1.98. The number of hydrogen-bond donors (Lipinski definition) is 0. The summed E-state index contributed by atoms with van der Waals surface area (Å²) in [6.45, 7) is 0.334. The summed E-state index contributed by atoms with van der Waals surface area (Å²) >= 11 is 0. The Morgan fingerprint density at radius 1 is 1.50 bits per heavy atom. The minimum Gasteiger partial charge on any atom is -0.391 e. The molecule has 1 fully saturated rings. The molecule has 0 atom stereocenters. The van der Waals surface area contributed by atoms with E-state index >= 15 is 0 Å². The van der Waals surface area contributed by atoms with Crippen molar-refractivity contribution in [2.75, 3.05) is 0 Å². The molecule has 2 nitrogen and oxygen atoms in total. The highest BCUT2D eigenvalue weighted by Gasteiger charge is 2.18. The zero-order valence-corrected chi connectivity index (χ0v) is 7.82. The Kier molecular flexibility index (Phi) is 2.77. The lowest BCUT2D eigenvalue weighted by atomic mass is 10.2. The van der Waals surface area contributed by atoms with Crippen LogP contribution < -0.4 is 0 Å². The maximum absolute atomic E-state index is 12.7. The number of halogens is 1. The summed E-state index contributed by atoms with van der Waals surface area (Å²) in [4.78, 5) is 5.03. The summed E-state index contributed by atoms with van der Waals surface area (Å²) in [7, 11) is 0. The Labute approximate surface area is 82.4 Å². The molecule has 0 unspecified atom stereocenters. The molecule has 0 heterocycles. The second kappa shape index (κ2) is 4.22. The van der Waals surface area contributed by atoms with Crippen molar-refractivity contribution in [3.8, 4) is 0 Å². The van der Waals surface area contributed by atoms with E-state index in [1.54, 1.807) is 6.07 Å². The van der Waals surface area contributed by atoms with Crippen molar-refractivity contribution in [3.05, 3.63) is 35.6 Å². The largest absolute Gasteiger partial charge is 0.391 e. The van der Waals surface area contributed by atoms with Gasteiger partial charge in [-0.05, 0) is 36.5 Å². The van der Waals surface area contributed by atoms with Gasteiger partial charge in [0.05, 0.1) is 0 Å². The van der Waals surface area contributed by atoms with Gasteiger partial charge in [-0.2, -0.15) is 0 Å². The molecular weight excluding hydrogens is 181 g/mol. The fourth-order valence-electron chi connectivity index (χ4n) is 1.11. The van der Waals surface area contributed by atoms with Crippen molar-refractivity contribution in [1.29, 1.82) is 0 Å². The maximum atomic E-state index is 12.7. The van der Waals surface area contributed by atoms with Crippen molar-refractivity contribution in [1.82, 2.24) is 0 Å². The van der Waals surface area contributed by atoms with E-state index in [0.29, 0.717) is 12.5 Å². The first kappa shape index (κ1) is 9.19. The zero-order chi connectivity index (χ0) is 9.80. The fourth-order valence-corrected chi connectivity index (χ4v) is 1.11. The second-order valence-corrected chi connectivity index (χ2v) is 3.50. The van der Waals surface area contributed by atoms with E-state index in [1.807, 2.05) is 12.3 Å². The number of hydrogen-bond acceptors (Lipinski definition) is 2. The molecule has 1 saturated carbocycles. The molecular formula is C11H12FNO. The summed E-state index contributed by atoms with van der Waals surface area (Å²) in [5.74, 6) is 0.375. The van der Waals surface area contributed by atoms with E-state index in [0.717, 1.165) is 5.56 Å². The van der Waals surface area contributed by atoms with Crippen molar-refractivity contribution in [3.63, 3.8) is 0 Å². The molecule has 0 spiro atoms. The molecule has 0 aliphatic heterocycles. The van der Waals surface area contributed by atoms with Crippen LogP contribution in [-0.2, 0) is 11.4 Å². The van der Waals surface area contributed by atoms with Gasteiger partial charge in [0.2, 0.25) is 0 Å². The standard InChI is InChI=1S/C11H12FNO/c12-11-3-1-2-10(6-11)8-14-13-7-9-4-5-9/h1-3,6-7,9H,4-5,8H2. The van der Waals surface area contributed by atoms with Gasteiger partial charge in [0.1, 0.15) is 12.4 Å².